The highest BCUT2D eigenvalue weighted by molar-refractivity contribution is 6.25. The highest BCUT2D eigenvalue weighted by atomic mass is 16.5. The normalized spacial score (nSPS) is 11.5. The van der Waals surface area contributed by atoms with Crippen LogP contribution < -0.4 is 9.64 Å². The summed E-state index contributed by atoms with van der Waals surface area (Å²) >= 11 is 0. The molecule has 0 unspecified atom stereocenters. The van der Waals surface area contributed by atoms with Crippen molar-refractivity contribution in [1.82, 2.24) is 0 Å². The van der Waals surface area contributed by atoms with Gasteiger partial charge < -0.3 is 9.64 Å². The molecule has 0 aliphatic carbocycles. The van der Waals surface area contributed by atoms with Crippen molar-refractivity contribution in [3.8, 4) is 16.9 Å². The summed E-state index contributed by atoms with van der Waals surface area (Å²) in [6, 6.07) is 46.3. The average molecular weight is 532 g/mol. The van der Waals surface area contributed by atoms with Crippen LogP contribution in [-0.2, 0) is 0 Å². The highest BCUT2D eigenvalue weighted by Crippen LogP contribution is 2.44. The quantitative estimate of drug-likeness (QED) is 0.143. The van der Waals surface area contributed by atoms with E-state index < -0.39 is 0 Å². The van der Waals surface area contributed by atoms with E-state index in [-0.39, 0.29) is 0 Å². The maximum atomic E-state index is 5.87. The fraction of sp³-hybridized carbons (Fsp3) is 0.128. The van der Waals surface area contributed by atoms with Crippen LogP contribution in [0.5, 0.6) is 5.75 Å². The predicted octanol–water partition coefficient (Wildman–Crippen LogP) is 11.2. The summed E-state index contributed by atoms with van der Waals surface area (Å²) in [7, 11) is 0. The van der Waals surface area contributed by atoms with Crippen LogP contribution in [0.4, 0.5) is 17.1 Å². The summed E-state index contributed by atoms with van der Waals surface area (Å²) in [6.07, 6.45) is 2.21. The number of hydrogen-bond acceptors (Lipinski definition) is 2. The van der Waals surface area contributed by atoms with Crippen LogP contribution in [0.3, 0.4) is 0 Å². The average Bonchev–Trinajstić information content (AvgIpc) is 3.02. The molecule has 0 radical (unpaired) electrons. The number of nitrogens with zero attached hydrogens (tertiary/aromatic N) is 1. The molecule has 0 amide bonds. The number of anilines is 3. The largest absolute Gasteiger partial charge is 0.494 e. The topological polar surface area (TPSA) is 12.5 Å². The minimum atomic E-state index is 0.766. The van der Waals surface area contributed by atoms with Gasteiger partial charge in [0.2, 0.25) is 0 Å². The Kier molecular flexibility index (Phi) is 6.53. The zero-order chi connectivity index (χ0) is 27.8. The van der Waals surface area contributed by atoms with Crippen molar-refractivity contribution < 1.29 is 4.74 Å². The lowest BCUT2D eigenvalue weighted by atomic mass is 9.93. The molecular weight excluding hydrogens is 498 g/mol. The Hall–Kier alpha value is -4.82. The third-order valence-corrected chi connectivity index (χ3v) is 8.12. The molecule has 2 nitrogen and oxygen atoms in total. The molecule has 0 spiro atoms. The maximum absolute atomic E-state index is 5.87. The molecule has 0 N–H and O–H groups in total. The first-order valence-corrected chi connectivity index (χ1v) is 14.6. The van der Waals surface area contributed by atoms with Gasteiger partial charge in [-0.15, -0.1) is 0 Å². The minimum Gasteiger partial charge on any atom is -0.494 e. The van der Waals surface area contributed by atoms with Gasteiger partial charge in [0, 0.05) is 16.8 Å². The lowest BCUT2D eigenvalue weighted by molar-refractivity contribution is 0.309. The molecule has 2 heteroatoms. The van der Waals surface area contributed by atoms with E-state index in [4.69, 9.17) is 4.74 Å². The predicted molar refractivity (Wildman–Crippen MR) is 175 cm³/mol. The summed E-state index contributed by atoms with van der Waals surface area (Å²) in [6.45, 7) is 5.09. The number of ether oxygens (including phenoxy) is 1. The number of rotatable bonds is 8. The Bertz CT molecular complexity index is 1920. The van der Waals surface area contributed by atoms with Crippen LogP contribution >= 0.6 is 0 Å². The van der Waals surface area contributed by atoms with Gasteiger partial charge in [-0.1, -0.05) is 104 Å². The minimum absolute atomic E-state index is 0.766. The van der Waals surface area contributed by atoms with E-state index in [2.05, 4.69) is 146 Å². The molecule has 7 aromatic rings. The molecule has 0 fully saturated rings. The van der Waals surface area contributed by atoms with E-state index >= 15 is 0 Å². The van der Waals surface area contributed by atoms with Crippen LogP contribution in [0, 0.1) is 6.92 Å². The molecule has 0 saturated heterocycles. The highest BCUT2D eigenvalue weighted by Gasteiger charge is 2.18. The summed E-state index contributed by atoms with van der Waals surface area (Å²) < 4.78 is 5.87. The fourth-order valence-electron chi connectivity index (χ4n) is 5.92. The molecule has 41 heavy (non-hydrogen) atoms. The van der Waals surface area contributed by atoms with Gasteiger partial charge in [-0.25, -0.2) is 0 Å². The van der Waals surface area contributed by atoms with Crippen molar-refractivity contribution >= 4 is 49.4 Å². The number of unbranched alkanes of at least 4 members (excludes halogenated alkanes) is 1. The Morgan fingerprint density at radius 1 is 0.561 bits per heavy atom. The van der Waals surface area contributed by atoms with E-state index in [1.807, 2.05) is 0 Å². The van der Waals surface area contributed by atoms with Crippen molar-refractivity contribution in [2.45, 2.75) is 26.7 Å². The van der Waals surface area contributed by atoms with Crippen LogP contribution in [0.15, 0.2) is 127 Å². The molecule has 0 aliphatic heterocycles. The van der Waals surface area contributed by atoms with E-state index in [0.717, 1.165) is 36.6 Å². The SMILES string of the molecule is CCCCOc1ccc(-c2ccc(N(c3ccc(C)cc3)c3ccc4ccc5cccc6ccc3c4c56)cc2)cc1. The second-order valence-electron chi connectivity index (χ2n) is 10.9. The van der Waals surface area contributed by atoms with Gasteiger partial charge in [0.25, 0.3) is 0 Å². The first-order chi connectivity index (χ1) is 20.2. The molecule has 0 aliphatic rings. The third kappa shape index (κ3) is 4.66. The summed E-state index contributed by atoms with van der Waals surface area (Å²) in [4.78, 5) is 2.39. The first kappa shape index (κ1) is 25.2. The second-order valence-corrected chi connectivity index (χ2v) is 10.9. The fourth-order valence-corrected chi connectivity index (χ4v) is 5.92. The van der Waals surface area contributed by atoms with Gasteiger partial charge in [0.1, 0.15) is 5.75 Å². The molecule has 0 atom stereocenters. The van der Waals surface area contributed by atoms with Crippen LogP contribution in [0.1, 0.15) is 25.3 Å². The molecule has 0 heterocycles. The van der Waals surface area contributed by atoms with Crippen LogP contribution in [0.25, 0.3) is 43.4 Å². The molecule has 7 aromatic carbocycles. The van der Waals surface area contributed by atoms with E-state index in [9.17, 15) is 0 Å². The lowest BCUT2D eigenvalue weighted by Gasteiger charge is -2.28. The monoisotopic (exact) mass is 531 g/mol. The standard InChI is InChI=1S/C39H33NO/c1-3-4-26-41-35-22-14-29(15-23-35)28-12-20-34(21-13-28)40(33-18-8-27(2)9-19-33)37-25-17-32-11-10-30-6-5-7-31-16-24-36(37)39(32)38(30)31/h5-25H,3-4,26H2,1-2H3. The first-order valence-electron chi connectivity index (χ1n) is 14.6. The number of benzene rings is 7. The van der Waals surface area contributed by atoms with Crippen molar-refractivity contribution in [2.24, 2.45) is 0 Å². The number of hydrogen-bond donors (Lipinski definition) is 0. The molecular formula is C39H33NO. The smallest absolute Gasteiger partial charge is 0.119 e. The van der Waals surface area contributed by atoms with Gasteiger partial charge in [0.05, 0.1) is 12.3 Å². The van der Waals surface area contributed by atoms with Gasteiger partial charge in [-0.3, -0.25) is 0 Å². The lowest BCUT2D eigenvalue weighted by Crippen LogP contribution is -2.10. The zero-order valence-corrected chi connectivity index (χ0v) is 23.6. The van der Waals surface area contributed by atoms with Crippen molar-refractivity contribution in [3.05, 3.63) is 133 Å². The van der Waals surface area contributed by atoms with Crippen LogP contribution in [-0.4, -0.2) is 6.61 Å². The van der Waals surface area contributed by atoms with Gasteiger partial charge in [-0.05, 0) is 93.9 Å². The molecule has 0 aromatic heterocycles. The van der Waals surface area contributed by atoms with Crippen LogP contribution in [0.2, 0.25) is 0 Å². The molecule has 200 valence electrons. The van der Waals surface area contributed by atoms with Gasteiger partial charge in [-0.2, -0.15) is 0 Å². The Morgan fingerprint density at radius 2 is 1.12 bits per heavy atom. The maximum Gasteiger partial charge on any atom is 0.119 e. The van der Waals surface area contributed by atoms with Gasteiger partial charge in [0.15, 0.2) is 0 Å². The van der Waals surface area contributed by atoms with Crippen molar-refractivity contribution in [1.29, 1.82) is 0 Å². The Labute approximate surface area is 241 Å². The summed E-state index contributed by atoms with van der Waals surface area (Å²) in [5.41, 5.74) is 7.08. The zero-order valence-electron chi connectivity index (χ0n) is 23.6. The third-order valence-electron chi connectivity index (χ3n) is 8.12. The summed E-state index contributed by atoms with van der Waals surface area (Å²) in [5, 5.41) is 7.76. The number of aryl methyl sites for hydroxylation is 1. The Morgan fingerprint density at radius 3 is 1.78 bits per heavy atom. The Balaban J connectivity index is 1.32. The van der Waals surface area contributed by atoms with Gasteiger partial charge >= 0.3 is 0 Å². The van der Waals surface area contributed by atoms with E-state index in [0.29, 0.717) is 0 Å². The molecule has 0 bridgehead atoms. The van der Waals surface area contributed by atoms with Crippen molar-refractivity contribution in [2.75, 3.05) is 11.5 Å². The second kappa shape index (κ2) is 10.6. The molecule has 7 rings (SSSR count). The van der Waals surface area contributed by atoms with E-state index in [1.54, 1.807) is 0 Å². The van der Waals surface area contributed by atoms with Crippen molar-refractivity contribution in [3.63, 3.8) is 0 Å². The summed E-state index contributed by atoms with van der Waals surface area (Å²) in [5.74, 6) is 0.929. The van der Waals surface area contributed by atoms with E-state index in [1.165, 1.54) is 54.7 Å². The molecule has 0 saturated carbocycles.